The van der Waals surface area contributed by atoms with Gasteiger partial charge in [-0.05, 0) is 37.8 Å². The fourth-order valence-corrected chi connectivity index (χ4v) is 2.50. The van der Waals surface area contributed by atoms with E-state index in [0.29, 0.717) is 19.0 Å². The van der Waals surface area contributed by atoms with Crippen molar-refractivity contribution in [3.05, 3.63) is 23.8 Å². The summed E-state index contributed by atoms with van der Waals surface area (Å²) in [6.07, 6.45) is 1.76. The fourth-order valence-electron chi connectivity index (χ4n) is 2.50. The van der Waals surface area contributed by atoms with Gasteiger partial charge in [-0.25, -0.2) is 0 Å². The topological polar surface area (TPSA) is 86.8 Å². The Kier molecular flexibility index (Phi) is 3.95. The van der Waals surface area contributed by atoms with E-state index in [1.165, 1.54) is 12.1 Å². The molecule has 1 aliphatic rings. The molecule has 1 amide bonds. The molecule has 2 rings (SSSR count). The predicted octanol–water partition coefficient (Wildman–Crippen LogP) is 1.30. The lowest BCUT2D eigenvalue weighted by molar-refractivity contribution is 0.0677. The molecule has 104 valence electrons. The molecule has 1 aliphatic heterocycles. The van der Waals surface area contributed by atoms with E-state index in [1.54, 1.807) is 11.0 Å². The number of piperidine rings is 1. The molecule has 0 aromatic heterocycles. The van der Waals surface area contributed by atoms with Crippen molar-refractivity contribution in [3.63, 3.8) is 0 Å². The monoisotopic (exact) mass is 264 g/mol. The summed E-state index contributed by atoms with van der Waals surface area (Å²) in [5.74, 6) is -0.406. The maximum absolute atomic E-state index is 12.3. The summed E-state index contributed by atoms with van der Waals surface area (Å²) in [7, 11) is 0. The Morgan fingerprint density at radius 1 is 1.37 bits per heavy atom. The molecule has 0 saturated carbocycles. The molecule has 0 bridgehead atoms. The second-order valence-corrected chi connectivity index (χ2v) is 5.16. The van der Waals surface area contributed by atoms with Crippen molar-refractivity contribution in [1.82, 2.24) is 4.90 Å². The summed E-state index contributed by atoms with van der Waals surface area (Å²) in [5.41, 5.74) is 6.02. The third kappa shape index (κ3) is 2.81. The van der Waals surface area contributed by atoms with Gasteiger partial charge in [0, 0.05) is 19.1 Å². The van der Waals surface area contributed by atoms with E-state index < -0.39 is 0 Å². The van der Waals surface area contributed by atoms with Crippen LogP contribution >= 0.6 is 0 Å². The Balaban J connectivity index is 2.07. The normalized spacial score (nSPS) is 18.3. The number of hydrogen-bond donors (Lipinski definition) is 3. The van der Waals surface area contributed by atoms with E-state index in [0.717, 1.165) is 12.8 Å². The molecule has 1 fully saturated rings. The lowest BCUT2D eigenvalue weighted by Crippen LogP contribution is -2.42. The molecule has 0 spiro atoms. The fraction of sp³-hybridized carbons (Fsp3) is 0.500. The van der Waals surface area contributed by atoms with Gasteiger partial charge in [0.2, 0.25) is 0 Å². The Hall–Kier alpha value is -1.75. The third-order valence-corrected chi connectivity index (χ3v) is 3.82. The van der Waals surface area contributed by atoms with Crippen LogP contribution in [0.2, 0.25) is 0 Å². The maximum atomic E-state index is 12.3. The highest BCUT2D eigenvalue weighted by Gasteiger charge is 2.27. The molecular formula is C14H20N2O3. The maximum Gasteiger partial charge on any atom is 0.257 e. The second-order valence-electron chi connectivity index (χ2n) is 5.16. The van der Waals surface area contributed by atoms with E-state index in [-0.39, 0.29) is 29.0 Å². The van der Waals surface area contributed by atoms with E-state index in [1.807, 2.05) is 6.92 Å². The molecule has 1 atom stereocenters. The molecule has 1 heterocycles. The van der Waals surface area contributed by atoms with E-state index in [2.05, 4.69) is 0 Å². The number of likely N-dealkylation sites (tertiary alicyclic amines) is 1. The van der Waals surface area contributed by atoms with E-state index >= 15 is 0 Å². The Bertz CT molecular complexity index is 466. The predicted molar refractivity (Wildman–Crippen MR) is 72.0 cm³/mol. The van der Waals surface area contributed by atoms with Crippen LogP contribution in [0.5, 0.6) is 11.5 Å². The van der Waals surface area contributed by atoms with Crippen LogP contribution in [0.1, 0.15) is 30.1 Å². The summed E-state index contributed by atoms with van der Waals surface area (Å²) < 4.78 is 0. The van der Waals surface area contributed by atoms with Gasteiger partial charge in [0.1, 0.15) is 0 Å². The average Bonchev–Trinajstić information content (AvgIpc) is 2.41. The van der Waals surface area contributed by atoms with Crippen LogP contribution < -0.4 is 5.73 Å². The number of hydrogen-bond acceptors (Lipinski definition) is 4. The van der Waals surface area contributed by atoms with Crippen molar-refractivity contribution in [2.75, 3.05) is 13.1 Å². The zero-order chi connectivity index (χ0) is 14.0. The molecule has 5 heteroatoms. The summed E-state index contributed by atoms with van der Waals surface area (Å²) in [4.78, 5) is 14.0. The summed E-state index contributed by atoms with van der Waals surface area (Å²) in [5, 5.41) is 19.1. The lowest BCUT2D eigenvalue weighted by Gasteiger charge is -2.33. The number of amides is 1. The van der Waals surface area contributed by atoms with Gasteiger partial charge in [-0.3, -0.25) is 4.79 Å². The zero-order valence-electron chi connectivity index (χ0n) is 11.0. The molecule has 1 unspecified atom stereocenters. The van der Waals surface area contributed by atoms with Gasteiger partial charge in [0.05, 0.1) is 5.56 Å². The van der Waals surface area contributed by atoms with Crippen LogP contribution in [0.25, 0.3) is 0 Å². The molecule has 0 aliphatic carbocycles. The SMILES string of the molecule is CC(N)C1CCN(C(=O)c2cccc(O)c2O)CC1. The van der Waals surface area contributed by atoms with Crippen LogP contribution in [-0.4, -0.2) is 40.2 Å². The minimum absolute atomic E-state index is 0.145. The van der Waals surface area contributed by atoms with Gasteiger partial charge >= 0.3 is 0 Å². The molecular weight excluding hydrogens is 244 g/mol. The highest BCUT2D eigenvalue weighted by atomic mass is 16.3. The van der Waals surface area contributed by atoms with Crippen molar-refractivity contribution in [3.8, 4) is 11.5 Å². The smallest absolute Gasteiger partial charge is 0.257 e. The van der Waals surface area contributed by atoms with Crippen molar-refractivity contribution < 1.29 is 15.0 Å². The molecule has 19 heavy (non-hydrogen) atoms. The Morgan fingerprint density at radius 3 is 2.58 bits per heavy atom. The first-order valence-corrected chi connectivity index (χ1v) is 6.56. The van der Waals surface area contributed by atoms with Gasteiger partial charge in [0.25, 0.3) is 5.91 Å². The van der Waals surface area contributed by atoms with Crippen molar-refractivity contribution in [2.45, 2.75) is 25.8 Å². The number of nitrogens with zero attached hydrogens (tertiary/aromatic N) is 1. The van der Waals surface area contributed by atoms with Crippen molar-refractivity contribution >= 4 is 5.91 Å². The quantitative estimate of drug-likeness (QED) is 0.703. The third-order valence-electron chi connectivity index (χ3n) is 3.82. The average molecular weight is 264 g/mol. The molecule has 1 aromatic carbocycles. The van der Waals surface area contributed by atoms with Gasteiger partial charge in [-0.15, -0.1) is 0 Å². The van der Waals surface area contributed by atoms with E-state index in [4.69, 9.17) is 5.73 Å². The number of benzene rings is 1. The molecule has 5 nitrogen and oxygen atoms in total. The summed E-state index contributed by atoms with van der Waals surface area (Å²) in [6, 6.07) is 4.58. The first-order valence-electron chi connectivity index (χ1n) is 6.56. The first kappa shape index (κ1) is 13.7. The highest BCUT2D eigenvalue weighted by Crippen LogP contribution is 2.30. The molecule has 4 N–H and O–H groups in total. The van der Waals surface area contributed by atoms with E-state index in [9.17, 15) is 15.0 Å². The number of phenols is 2. The number of aromatic hydroxyl groups is 2. The first-order chi connectivity index (χ1) is 9.00. The molecule has 1 saturated heterocycles. The number of carbonyl (C=O) groups excluding carboxylic acids is 1. The number of rotatable bonds is 2. The summed E-state index contributed by atoms with van der Waals surface area (Å²) >= 11 is 0. The van der Waals surface area contributed by atoms with Gasteiger partial charge in [0.15, 0.2) is 11.5 Å². The van der Waals surface area contributed by atoms with Gasteiger partial charge in [-0.1, -0.05) is 6.07 Å². The summed E-state index contributed by atoms with van der Waals surface area (Å²) in [6.45, 7) is 3.27. The van der Waals surface area contributed by atoms with Crippen molar-refractivity contribution in [1.29, 1.82) is 0 Å². The van der Waals surface area contributed by atoms with Crippen LogP contribution in [0.15, 0.2) is 18.2 Å². The van der Waals surface area contributed by atoms with Gasteiger partial charge < -0.3 is 20.8 Å². The molecule has 1 aromatic rings. The minimum atomic E-state index is -0.346. The van der Waals surface area contributed by atoms with Gasteiger partial charge in [-0.2, -0.15) is 0 Å². The number of carbonyl (C=O) groups is 1. The van der Waals surface area contributed by atoms with Crippen LogP contribution in [0.3, 0.4) is 0 Å². The standard InChI is InChI=1S/C14H20N2O3/c1-9(15)10-5-7-16(8-6-10)14(19)11-3-2-4-12(17)13(11)18/h2-4,9-10,17-18H,5-8,15H2,1H3. The zero-order valence-corrected chi connectivity index (χ0v) is 11.0. The lowest BCUT2D eigenvalue weighted by atomic mass is 9.90. The van der Waals surface area contributed by atoms with Crippen LogP contribution in [0.4, 0.5) is 0 Å². The van der Waals surface area contributed by atoms with Crippen LogP contribution in [-0.2, 0) is 0 Å². The molecule has 0 radical (unpaired) electrons. The largest absolute Gasteiger partial charge is 0.504 e. The highest BCUT2D eigenvalue weighted by molar-refractivity contribution is 5.97. The Morgan fingerprint density at radius 2 is 2.00 bits per heavy atom. The number of phenolic OH excluding ortho intramolecular Hbond substituents is 2. The minimum Gasteiger partial charge on any atom is -0.504 e. The number of nitrogens with two attached hydrogens (primary N) is 1. The van der Waals surface area contributed by atoms with Crippen molar-refractivity contribution in [2.24, 2.45) is 11.7 Å². The van der Waals surface area contributed by atoms with Crippen LogP contribution in [0, 0.1) is 5.92 Å². The second kappa shape index (κ2) is 5.48. The number of para-hydroxylation sites is 1. The Labute approximate surface area is 112 Å².